The molecule has 0 aliphatic heterocycles. The number of benzene rings is 1. The van der Waals surface area contributed by atoms with Crippen molar-refractivity contribution in [3.8, 4) is 11.3 Å². The van der Waals surface area contributed by atoms with Crippen molar-refractivity contribution < 1.29 is 0 Å². The Morgan fingerprint density at radius 3 is 2.82 bits per heavy atom. The number of nitrogens with two attached hydrogens (primary N) is 1. The van der Waals surface area contributed by atoms with E-state index in [9.17, 15) is 0 Å². The maximum atomic E-state index is 6.15. The lowest BCUT2D eigenvalue weighted by atomic mass is 10.1. The first-order chi connectivity index (χ1) is 8.24. The number of hydrogen-bond acceptors (Lipinski definition) is 3. The molecule has 0 saturated carbocycles. The maximum Gasteiger partial charge on any atom is 0.197 e. The van der Waals surface area contributed by atoms with E-state index in [1.807, 2.05) is 30.3 Å². The molecule has 1 aromatic carbocycles. The Morgan fingerprint density at radius 1 is 1.24 bits per heavy atom. The molecular formula is C12H9ClN4. The summed E-state index contributed by atoms with van der Waals surface area (Å²) in [6.45, 7) is 0. The molecule has 3 aromatic rings. The van der Waals surface area contributed by atoms with Crippen molar-refractivity contribution in [3.05, 3.63) is 41.7 Å². The number of nitrogens with zero attached hydrogens (tertiary/aromatic N) is 2. The molecule has 0 amide bonds. The van der Waals surface area contributed by atoms with E-state index in [1.165, 1.54) is 0 Å². The fourth-order valence-corrected chi connectivity index (χ4v) is 2.00. The number of imidazole rings is 1. The minimum absolute atomic E-state index is 0.365. The number of pyridine rings is 1. The summed E-state index contributed by atoms with van der Waals surface area (Å²) in [4.78, 5) is 11.2. The van der Waals surface area contributed by atoms with Crippen LogP contribution in [-0.4, -0.2) is 15.0 Å². The van der Waals surface area contributed by atoms with Gasteiger partial charge in [0.05, 0.1) is 17.4 Å². The van der Waals surface area contributed by atoms with E-state index in [0.717, 1.165) is 22.2 Å². The van der Waals surface area contributed by atoms with Gasteiger partial charge < -0.3 is 10.7 Å². The monoisotopic (exact) mass is 244 g/mol. The highest BCUT2D eigenvalue weighted by molar-refractivity contribution is 6.32. The van der Waals surface area contributed by atoms with Crippen LogP contribution in [0.5, 0.6) is 0 Å². The smallest absolute Gasteiger partial charge is 0.197 e. The molecule has 0 spiro atoms. The number of nitrogens with one attached hydrogen (secondary N) is 1. The highest BCUT2D eigenvalue weighted by Crippen LogP contribution is 2.28. The molecule has 0 aliphatic rings. The number of anilines is 1. The van der Waals surface area contributed by atoms with Crippen molar-refractivity contribution in [1.82, 2.24) is 15.0 Å². The topological polar surface area (TPSA) is 67.6 Å². The van der Waals surface area contributed by atoms with Crippen molar-refractivity contribution in [3.63, 3.8) is 0 Å². The summed E-state index contributed by atoms with van der Waals surface area (Å²) in [6.07, 6.45) is 1.65. The van der Waals surface area contributed by atoms with Crippen molar-refractivity contribution >= 4 is 28.5 Å². The Kier molecular flexibility index (Phi) is 2.23. The molecule has 84 valence electrons. The molecule has 0 unspecified atom stereocenters. The number of aromatic nitrogens is 3. The molecule has 0 bridgehead atoms. The van der Waals surface area contributed by atoms with Gasteiger partial charge in [-0.25, -0.2) is 9.97 Å². The Bertz CT molecular complexity index is 690. The third-order valence-electron chi connectivity index (χ3n) is 2.56. The van der Waals surface area contributed by atoms with Crippen molar-refractivity contribution in [2.75, 3.05) is 5.73 Å². The summed E-state index contributed by atoms with van der Waals surface area (Å²) in [7, 11) is 0. The van der Waals surface area contributed by atoms with E-state index >= 15 is 0 Å². The first-order valence-corrected chi connectivity index (χ1v) is 5.48. The zero-order valence-corrected chi connectivity index (χ0v) is 9.57. The Labute approximate surface area is 102 Å². The highest BCUT2D eigenvalue weighted by Gasteiger charge is 2.09. The van der Waals surface area contributed by atoms with E-state index < -0.39 is 0 Å². The largest absolute Gasteiger partial charge is 0.369 e. The summed E-state index contributed by atoms with van der Waals surface area (Å²) < 4.78 is 0. The number of fused-ring (bicyclic) bond motifs is 1. The first-order valence-electron chi connectivity index (χ1n) is 5.10. The number of halogens is 1. The Morgan fingerprint density at radius 2 is 2.06 bits per heavy atom. The van der Waals surface area contributed by atoms with Gasteiger partial charge in [0.25, 0.3) is 0 Å². The van der Waals surface area contributed by atoms with Crippen molar-refractivity contribution in [2.24, 2.45) is 0 Å². The average Bonchev–Trinajstić information content (AvgIpc) is 2.75. The van der Waals surface area contributed by atoms with Crippen LogP contribution in [0.25, 0.3) is 22.2 Å². The Balaban J connectivity index is 2.26. The summed E-state index contributed by atoms with van der Waals surface area (Å²) in [5.74, 6) is 0.365. The second-order valence-corrected chi connectivity index (χ2v) is 4.06. The van der Waals surface area contributed by atoms with Crippen molar-refractivity contribution in [1.29, 1.82) is 0 Å². The fourth-order valence-electron chi connectivity index (χ4n) is 1.75. The quantitative estimate of drug-likeness (QED) is 0.647. The van der Waals surface area contributed by atoms with Crippen LogP contribution in [0.4, 0.5) is 5.95 Å². The van der Waals surface area contributed by atoms with Gasteiger partial charge >= 0.3 is 0 Å². The zero-order valence-electron chi connectivity index (χ0n) is 8.81. The van der Waals surface area contributed by atoms with Gasteiger partial charge in [-0.1, -0.05) is 29.8 Å². The minimum Gasteiger partial charge on any atom is -0.369 e. The number of para-hydroxylation sites is 1. The van der Waals surface area contributed by atoms with Gasteiger partial charge in [-0.05, 0) is 12.1 Å². The molecule has 0 radical (unpaired) electrons. The molecule has 0 aliphatic carbocycles. The average molecular weight is 245 g/mol. The molecule has 0 fully saturated rings. The number of aromatic amines is 1. The fraction of sp³-hybridized carbons (Fsp3) is 0. The van der Waals surface area contributed by atoms with Crippen LogP contribution in [0.3, 0.4) is 0 Å². The van der Waals surface area contributed by atoms with Crippen LogP contribution < -0.4 is 5.73 Å². The second kappa shape index (κ2) is 3.75. The van der Waals surface area contributed by atoms with Crippen LogP contribution in [0.1, 0.15) is 0 Å². The molecule has 2 heterocycles. The Hall–Kier alpha value is -2.07. The van der Waals surface area contributed by atoms with E-state index in [4.69, 9.17) is 17.3 Å². The molecule has 4 nitrogen and oxygen atoms in total. The van der Waals surface area contributed by atoms with Crippen LogP contribution in [-0.2, 0) is 0 Å². The molecule has 3 rings (SSSR count). The van der Waals surface area contributed by atoms with Gasteiger partial charge in [-0.15, -0.1) is 0 Å². The minimum atomic E-state index is 0.365. The van der Waals surface area contributed by atoms with Crippen LogP contribution in [0, 0.1) is 0 Å². The number of rotatable bonds is 1. The number of H-pyrrole nitrogens is 1. The summed E-state index contributed by atoms with van der Waals surface area (Å²) in [6, 6.07) is 9.77. The number of nitrogen functional groups attached to an aromatic ring is 1. The van der Waals surface area contributed by atoms with Crippen LogP contribution in [0.15, 0.2) is 36.5 Å². The maximum absolute atomic E-state index is 6.15. The zero-order chi connectivity index (χ0) is 11.8. The van der Waals surface area contributed by atoms with E-state index in [-0.39, 0.29) is 0 Å². The molecule has 2 aromatic heterocycles. The van der Waals surface area contributed by atoms with Gasteiger partial charge in [-0.2, -0.15) is 0 Å². The van der Waals surface area contributed by atoms with Gasteiger partial charge in [0.15, 0.2) is 5.95 Å². The van der Waals surface area contributed by atoms with Gasteiger partial charge in [0.1, 0.15) is 5.15 Å². The normalized spacial score (nSPS) is 10.9. The number of hydrogen-bond donors (Lipinski definition) is 2. The summed E-state index contributed by atoms with van der Waals surface area (Å²) in [5.41, 5.74) is 7.99. The predicted molar refractivity (Wildman–Crippen MR) is 68.7 cm³/mol. The first kappa shape index (κ1) is 10.1. The predicted octanol–water partition coefficient (Wildman–Crippen LogP) is 2.86. The van der Waals surface area contributed by atoms with Crippen LogP contribution >= 0.6 is 11.6 Å². The highest BCUT2D eigenvalue weighted by atomic mass is 35.5. The molecule has 3 N–H and O–H groups in total. The van der Waals surface area contributed by atoms with E-state index in [1.54, 1.807) is 6.20 Å². The molecular weight excluding hydrogens is 236 g/mol. The summed E-state index contributed by atoms with van der Waals surface area (Å²) in [5, 5.41) is 1.47. The van der Waals surface area contributed by atoms with Gasteiger partial charge in [0, 0.05) is 10.9 Å². The standard InChI is InChI=1S/C12H9ClN4/c13-11-8(10-6-15-12(14)17-10)5-7-3-1-2-4-9(7)16-11/h1-6H,(H3,14,15,17). The SMILES string of the molecule is Nc1ncc(-c2cc3ccccc3nc2Cl)[nH]1. The lowest BCUT2D eigenvalue weighted by molar-refractivity contribution is 1.32. The van der Waals surface area contributed by atoms with Crippen molar-refractivity contribution in [2.45, 2.75) is 0 Å². The van der Waals surface area contributed by atoms with E-state index in [0.29, 0.717) is 11.1 Å². The lowest BCUT2D eigenvalue weighted by Gasteiger charge is -2.03. The molecule has 0 saturated heterocycles. The summed E-state index contributed by atoms with van der Waals surface area (Å²) >= 11 is 6.15. The third kappa shape index (κ3) is 1.72. The molecule has 17 heavy (non-hydrogen) atoms. The molecule has 5 heteroatoms. The van der Waals surface area contributed by atoms with Crippen LogP contribution in [0.2, 0.25) is 5.15 Å². The third-order valence-corrected chi connectivity index (χ3v) is 2.85. The van der Waals surface area contributed by atoms with E-state index in [2.05, 4.69) is 15.0 Å². The molecule has 0 atom stereocenters. The van der Waals surface area contributed by atoms with Gasteiger partial charge in [-0.3, -0.25) is 0 Å². The van der Waals surface area contributed by atoms with Gasteiger partial charge in [0.2, 0.25) is 0 Å². The lowest BCUT2D eigenvalue weighted by Crippen LogP contribution is -1.88. The second-order valence-electron chi connectivity index (χ2n) is 3.70.